The maximum atomic E-state index is 12.3. The Kier molecular flexibility index (Phi) is 6.11. The van der Waals surface area contributed by atoms with E-state index in [1.807, 2.05) is 0 Å². The number of carbonyl (C=O) groups excluding carboxylic acids is 4. The van der Waals surface area contributed by atoms with Crippen LogP contribution in [0.1, 0.15) is 53.8 Å². The van der Waals surface area contributed by atoms with Crippen LogP contribution >= 0.6 is 0 Å². The zero-order valence-electron chi connectivity index (χ0n) is 16.3. The van der Waals surface area contributed by atoms with Gasteiger partial charge in [0.15, 0.2) is 6.61 Å². The number of hydrogen-bond donors (Lipinski definition) is 0. The van der Waals surface area contributed by atoms with Crippen molar-refractivity contribution in [2.75, 3.05) is 26.2 Å². The van der Waals surface area contributed by atoms with E-state index in [4.69, 9.17) is 4.74 Å². The molecule has 1 aromatic carbocycles. The number of piperidine rings is 1. The van der Waals surface area contributed by atoms with Gasteiger partial charge in [-0.15, -0.1) is 0 Å². The van der Waals surface area contributed by atoms with E-state index in [0.29, 0.717) is 42.5 Å². The molecule has 2 heterocycles. The summed E-state index contributed by atoms with van der Waals surface area (Å²) < 4.78 is 5.09. The highest BCUT2D eigenvalue weighted by atomic mass is 16.5. The molecule has 0 bridgehead atoms. The number of hydrogen-bond acceptors (Lipinski definition) is 5. The second-order valence-corrected chi connectivity index (χ2v) is 7.82. The molecule has 0 aromatic heterocycles. The number of carbonyl (C=O) groups is 4. The fourth-order valence-corrected chi connectivity index (χ4v) is 4.00. The highest BCUT2D eigenvalue weighted by Crippen LogP contribution is 2.23. The lowest BCUT2D eigenvalue weighted by atomic mass is 9.92. The number of nitrogens with zero attached hydrogens (tertiary/aromatic N) is 2. The molecule has 1 saturated heterocycles. The van der Waals surface area contributed by atoms with Gasteiger partial charge in [0.25, 0.3) is 17.7 Å². The first kappa shape index (κ1) is 20.0. The molecule has 150 valence electrons. The lowest BCUT2D eigenvalue weighted by molar-refractivity contribution is -0.153. The van der Waals surface area contributed by atoms with E-state index < -0.39 is 5.97 Å². The minimum atomic E-state index is -0.497. The molecule has 2 aliphatic rings. The Morgan fingerprint density at radius 1 is 1.04 bits per heavy atom. The third kappa shape index (κ3) is 4.40. The van der Waals surface area contributed by atoms with Crippen molar-refractivity contribution in [3.8, 4) is 0 Å². The molecule has 1 fully saturated rings. The maximum Gasteiger partial charge on any atom is 0.306 e. The van der Waals surface area contributed by atoms with Crippen LogP contribution in [-0.4, -0.2) is 59.7 Å². The molecule has 0 N–H and O–H groups in total. The highest BCUT2D eigenvalue weighted by Gasteiger charge is 2.34. The molecule has 0 unspecified atom stereocenters. The molecular formula is C21H26N2O5. The van der Waals surface area contributed by atoms with Crippen LogP contribution in [0.25, 0.3) is 0 Å². The van der Waals surface area contributed by atoms with Crippen LogP contribution in [0.15, 0.2) is 24.3 Å². The molecule has 2 aliphatic heterocycles. The summed E-state index contributed by atoms with van der Waals surface area (Å²) in [7, 11) is 0. The van der Waals surface area contributed by atoms with Gasteiger partial charge in [0, 0.05) is 26.1 Å². The van der Waals surface area contributed by atoms with Gasteiger partial charge in [0.1, 0.15) is 0 Å². The monoisotopic (exact) mass is 386 g/mol. The number of benzene rings is 1. The molecular weight excluding hydrogens is 360 g/mol. The van der Waals surface area contributed by atoms with Crippen LogP contribution in [0, 0.1) is 11.8 Å². The number of amides is 3. The summed E-state index contributed by atoms with van der Waals surface area (Å²) in [5.74, 6) is -0.448. The second kappa shape index (κ2) is 8.54. The van der Waals surface area contributed by atoms with Crippen LogP contribution in [0.3, 0.4) is 0 Å². The highest BCUT2D eigenvalue weighted by molar-refractivity contribution is 6.21. The lowest BCUT2D eigenvalue weighted by Gasteiger charge is -2.34. The first-order chi connectivity index (χ1) is 13.4. The van der Waals surface area contributed by atoms with Gasteiger partial charge in [-0.3, -0.25) is 24.1 Å². The van der Waals surface area contributed by atoms with Crippen molar-refractivity contribution in [3.05, 3.63) is 35.4 Å². The summed E-state index contributed by atoms with van der Waals surface area (Å²) in [6, 6.07) is 6.67. The average molecular weight is 386 g/mol. The fourth-order valence-electron chi connectivity index (χ4n) is 4.00. The Labute approximate surface area is 164 Å². The summed E-state index contributed by atoms with van der Waals surface area (Å²) in [5, 5.41) is 0. The smallest absolute Gasteiger partial charge is 0.306 e. The van der Waals surface area contributed by atoms with Gasteiger partial charge in [-0.1, -0.05) is 26.0 Å². The third-order valence-corrected chi connectivity index (χ3v) is 5.22. The van der Waals surface area contributed by atoms with E-state index in [0.717, 1.165) is 11.3 Å². The topological polar surface area (TPSA) is 84.0 Å². The third-order valence-electron chi connectivity index (χ3n) is 5.22. The van der Waals surface area contributed by atoms with Gasteiger partial charge in [0.05, 0.1) is 11.1 Å². The quantitative estimate of drug-likeness (QED) is 0.552. The largest absolute Gasteiger partial charge is 0.456 e. The Bertz CT molecular complexity index is 746. The van der Waals surface area contributed by atoms with Crippen molar-refractivity contribution in [1.29, 1.82) is 0 Å². The predicted octanol–water partition coefficient (Wildman–Crippen LogP) is 2.11. The average Bonchev–Trinajstić information content (AvgIpc) is 2.90. The minimum Gasteiger partial charge on any atom is -0.456 e. The molecule has 3 amide bonds. The van der Waals surface area contributed by atoms with E-state index >= 15 is 0 Å². The second-order valence-electron chi connectivity index (χ2n) is 7.82. The zero-order valence-corrected chi connectivity index (χ0v) is 16.3. The van der Waals surface area contributed by atoms with Gasteiger partial charge < -0.3 is 9.64 Å². The summed E-state index contributed by atoms with van der Waals surface area (Å²) in [6.45, 7) is 5.51. The normalized spacial score (nSPS) is 21.6. The Balaban J connectivity index is 1.40. The van der Waals surface area contributed by atoms with Gasteiger partial charge in [0.2, 0.25) is 0 Å². The van der Waals surface area contributed by atoms with Crippen molar-refractivity contribution < 1.29 is 23.9 Å². The molecule has 3 rings (SSSR count). The van der Waals surface area contributed by atoms with Crippen molar-refractivity contribution >= 4 is 23.7 Å². The van der Waals surface area contributed by atoms with E-state index in [1.165, 1.54) is 0 Å². The van der Waals surface area contributed by atoms with E-state index in [1.54, 1.807) is 29.2 Å². The lowest BCUT2D eigenvalue weighted by Crippen LogP contribution is -2.44. The van der Waals surface area contributed by atoms with Crippen molar-refractivity contribution in [2.45, 2.75) is 33.1 Å². The summed E-state index contributed by atoms with van der Waals surface area (Å²) in [5.41, 5.74) is 0.788. The summed E-state index contributed by atoms with van der Waals surface area (Å²) >= 11 is 0. The molecule has 0 spiro atoms. The van der Waals surface area contributed by atoms with Crippen LogP contribution < -0.4 is 0 Å². The minimum absolute atomic E-state index is 0.0491. The van der Waals surface area contributed by atoms with E-state index in [9.17, 15) is 19.2 Å². The predicted molar refractivity (Wildman–Crippen MR) is 102 cm³/mol. The first-order valence-electron chi connectivity index (χ1n) is 9.75. The molecule has 2 atom stereocenters. The van der Waals surface area contributed by atoms with Gasteiger partial charge >= 0.3 is 5.97 Å². The Hall–Kier alpha value is -2.70. The van der Waals surface area contributed by atoms with Gasteiger partial charge in [-0.05, 0) is 36.8 Å². The molecule has 0 aliphatic carbocycles. The van der Waals surface area contributed by atoms with Gasteiger partial charge in [-0.25, -0.2) is 0 Å². The maximum absolute atomic E-state index is 12.3. The van der Waals surface area contributed by atoms with Crippen LogP contribution in [0.5, 0.6) is 0 Å². The number of rotatable bonds is 6. The Morgan fingerprint density at radius 2 is 1.61 bits per heavy atom. The standard InChI is InChI=1S/C21H26N2O5/c1-14-10-15(2)12-22(11-14)18(24)13-28-19(25)8-5-9-23-20(26)16-6-3-4-7-17(16)21(23)27/h3-4,6-7,14-15H,5,8-13H2,1-2H3/t14-,15+. The fraction of sp³-hybridized carbons (Fsp3) is 0.524. The molecule has 0 saturated carbocycles. The zero-order chi connectivity index (χ0) is 20.3. The molecule has 7 nitrogen and oxygen atoms in total. The molecule has 0 radical (unpaired) electrons. The van der Waals surface area contributed by atoms with Crippen LogP contribution in [0.2, 0.25) is 0 Å². The number of fused-ring (bicyclic) bond motifs is 1. The van der Waals surface area contributed by atoms with Crippen LogP contribution in [-0.2, 0) is 14.3 Å². The number of likely N-dealkylation sites (tertiary alicyclic amines) is 1. The van der Waals surface area contributed by atoms with Crippen LogP contribution in [0.4, 0.5) is 0 Å². The van der Waals surface area contributed by atoms with Crippen molar-refractivity contribution in [2.24, 2.45) is 11.8 Å². The van der Waals surface area contributed by atoms with Crippen molar-refractivity contribution in [1.82, 2.24) is 9.80 Å². The summed E-state index contributed by atoms with van der Waals surface area (Å²) in [6.07, 6.45) is 1.45. The Morgan fingerprint density at radius 3 is 2.18 bits per heavy atom. The molecule has 7 heteroatoms. The first-order valence-corrected chi connectivity index (χ1v) is 9.75. The number of ether oxygens (including phenoxy) is 1. The van der Waals surface area contributed by atoms with E-state index in [2.05, 4.69) is 13.8 Å². The number of imide groups is 1. The number of esters is 1. The van der Waals surface area contributed by atoms with E-state index in [-0.39, 0.29) is 37.3 Å². The van der Waals surface area contributed by atoms with Crippen molar-refractivity contribution in [3.63, 3.8) is 0 Å². The molecule has 1 aromatic rings. The molecule has 28 heavy (non-hydrogen) atoms. The van der Waals surface area contributed by atoms with Gasteiger partial charge in [-0.2, -0.15) is 0 Å². The SMILES string of the molecule is C[C@@H]1C[C@H](C)CN(C(=O)COC(=O)CCCN2C(=O)c3ccccc3C2=O)C1. The summed E-state index contributed by atoms with van der Waals surface area (Å²) in [4.78, 5) is 51.6.